The van der Waals surface area contributed by atoms with Crippen LogP contribution in [0, 0.1) is 22.7 Å². The van der Waals surface area contributed by atoms with Crippen LogP contribution in [-0.2, 0) is 16.2 Å². The van der Waals surface area contributed by atoms with Crippen LogP contribution in [0.4, 0.5) is 11.4 Å². The minimum absolute atomic E-state index is 0.132. The van der Waals surface area contributed by atoms with E-state index in [2.05, 4.69) is 158 Å². The molecule has 0 saturated carbocycles. The van der Waals surface area contributed by atoms with E-state index in [0.717, 1.165) is 33.6 Å². The van der Waals surface area contributed by atoms with Gasteiger partial charge in [-0.1, -0.05) is 150 Å². The smallest absolute Gasteiger partial charge is 0.328 e. The standard InChI is InChI=1S/C39H42BN3Si/c1-37(2,3)27-19-25(23-41)35-29(21-27)39(7,8)30-22-28(38(4,5)6)20-26(24-42)36(30)43(35)40-31-15-11-13-17-33(31)44(9,10)34-18-14-12-16-32(34)40/h11-22H,1-10H3. The monoisotopic (exact) mass is 591 g/mol. The highest BCUT2D eigenvalue weighted by atomic mass is 28.3. The van der Waals surface area contributed by atoms with Crippen molar-refractivity contribution in [3.05, 3.63) is 106 Å². The molecule has 0 N–H and O–H groups in total. The molecule has 2 aliphatic heterocycles. The molecule has 0 spiro atoms. The van der Waals surface area contributed by atoms with Crippen molar-refractivity contribution < 1.29 is 0 Å². The van der Waals surface area contributed by atoms with E-state index in [9.17, 15) is 10.5 Å². The van der Waals surface area contributed by atoms with E-state index in [-0.39, 0.29) is 17.7 Å². The summed E-state index contributed by atoms with van der Waals surface area (Å²) in [4.78, 5) is 2.38. The van der Waals surface area contributed by atoms with E-state index < -0.39 is 13.5 Å². The van der Waals surface area contributed by atoms with Gasteiger partial charge in [0.1, 0.15) is 20.2 Å². The van der Waals surface area contributed by atoms with E-state index in [0.29, 0.717) is 11.1 Å². The number of hydrogen-bond acceptors (Lipinski definition) is 3. The third-order valence-corrected chi connectivity index (χ3v) is 13.7. The van der Waals surface area contributed by atoms with Gasteiger partial charge in [-0.2, -0.15) is 10.5 Å². The number of hydrogen-bond donors (Lipinski definition) is 0. The normalized spacial score (nSPS) is 16.2. The number of nitrogens with zero attached hydrogens (tertiary/aromatic N) is 3. The number of fused-ring (bicyclic) bond motifs is 4. The van der Waals surface area contributed by atoms with Gasteiger partial charge in [0.2, 0.25) is 0 Å². The molecule has 0 bridgehead atoms. The Bertz CT molecular complexity index is 1790. The van der Waals surface area contributed by atoms with Crippen molar-refractivity contribution in [1.82, 2.24) is 0 Å². The molecule has 0 atom stereocenters. The maximum atomic E-state index is 10.8. The fourth-order valence-electron chi connectivity index (χ4n) is 7.49. The number of rotatable bonds is 1. The van der Waals surface area contributed by atoms with Crippen molar-refractivity contribution in [3.63, 3.8) is 0 Å². The van der Waals surface area contributed by atoms with Gasteiger partial charge in [-0.05, 0) is 45.2 Å². The van der Waals surface area contributed by atoms with E-state index >= 15 is 0 Å². The first-order valence-electron chi connectivity index (χ1n) is 15.7. The Morgan fingerprint density at radius 3 is 1.41 bits per heavy atom. The van der Waals surface area contributed by atoms with E-state index in [1.54, 1.807) is 0 Å². The molecule has 0 radical (unpaired) electrons. The van der Waals surface area contributed by atoms with Gasteiger partial charge in [0.25, 0.3) is 0 Å². The lowest BCUT2D eigenvalue weighted by Crippen LogP contribution is -2.77. The zero-order valence-corrected chi connectivity index (χ0v) is 28.8. The first-order chi connectivity index (χ1) is 20.5. The van der Waals surface area contributed by atoms with Gasteiger partial charge in [0.05, 0.1) is 22.5 Å². The van der Waals surface area contributed by atoms with Gasteiger partial charge in [0, 0.05) is 5.41 Å². The number of anilines is 2. The van der Waals surface area contributed by atoms with Crippen LogP contribution >= 0.6 is 0 Å². The van der Waals surface area contributed by atoms with Gasteiger partial charge >= 0.3 is 6.85 Å². The molecule has 6 rings (SSSR count). The van der Waals surface area contributed by atoms with Crippen LogP contribution in [0.15, 0.2) is 72.8 Å². The summed E-state index contributed by atoms with van der Waals surface area (Å²) >= 11 is 0. The molecule has 2 heterocycles. The summed E-state index contributed by atoms with van der Waals surface area (Å²) in [7, 11) is -2.02. The maximum Gasteiger partial charge on any atom is 0.328 e. The van der Waals surface area contributed by atoms with Crippen LogP contribution in [0.25, 0.3) is 0 Å². The molecule has 220 valence electrons. The summed E-state index contributed by atoms with van der Waals surface area (Å²) in [5.41, 5.74) is 9.58. The molecule has 4 aromatic rings. The Morgan fingerprint density at radius 2 is 1.05 bits per heavy atom. The molecule has 0 unspecified atom stereocenters. The zero-order chi connectivity index (χ0) is 32.0. The molecular formula is C39H42BN3Si. The minimum atomic E-state index is -2.02. The third-order valence-electron chi connectivity index (χ3n) is 10.1. The largest absolute Gasteiger partial charge is 0.374 e. The predicted molar refractivity (Wildman–Crippen MR) is 189 cm³/mol. The first-order valence-corrected chi connectivity index (χ1v) is 18.7. The Morgan fingerprint density at radius 1 is 0.659 bits per heavy atom. The van der Waals surface area contributed by atoms with Crippen LogP contribution < -0.4 is 26.1 Å². The molecule has 3 nitrogen and oxygen atoms in total. The average molecular weight is 592 g/mol. The van der Waals surface area contributed by atoms with Crippen LogP contribution in [0.3, 0.4) is 0 Å². The predicted octanol–water partition coefficient (Wildman–Crippen LogP) is 6.74. The Hall–Kier alpha value is -4.06. The molecule has 44 heavy (non-hydrogen) atoms. The summed E-state index contributed by atoms with van der Waals surface area (Å²) in [6.07, 6.45) is 0. The van der Waals surface area contributed by atoms with Crippen LogP contribution in [-0.4, -0.2) is 14.9 Å². The van der Waals surface area contributed by atoms with Gasteiger partial charge < -0.3 is 4.81 Å². The second-order valence-electron chi connectivity index (χ2n) is 15.8. The lowest BCUT2D eigenvalue weighted by Gasteiger charge is -2.49. The van der Waals surface area contributed by atoms with Crippen molar-refractivity contribution in [2.45, 2.75) is 84.7 Å². The average Bonchev–Trinajstić information content (AvgIpc) is 2.97. The van der Waals surface area contributed by atoms with Crippen molar-refractivity contribution in [3.8, 4) is 12.1 Å². The highest BCUT2D eigenvalue weighted by molar-refractivity contribution is 7.12. The Balaban J connectivity index is 1.82. The maximum absolute atomic E-state index is 10.8. The summed E-state index contributed by atoms with van der Waals surface area (Å²) < 4.78 is 0. The SMILES string of the molecule is CC(C)(C)c1cc(C#N)c2c(c1)C(C)(C)c1cc(C(C)(C)C)cc(C#N)c1N2B1c2ccccc2[Si](C)(C)c2ccccc21. The second kappa shape index (κ2) is 9.72. The van der Waals surface area contributed by atoms with Crippen molar-refractivity contribution in [2.24, 2.45) is 0 Å². The van der Waals surface area contributed by atoms with Gasteiger partial charge in [-0.15, -0.1) is 0 Å². The highest BCUT2D eigenvalue weighted by Gasteiger charge is 2.49. The summed E-state index contributed by atoms with van der Waals surface area (Å²) in [6.45, 7) is 22.5. The minimum Gasteiger partial charge on any atom is -0.374 e. The van der Waals surface area contributed by atoms with Gasteiger partial charge in [0.15, 0.2) is 0 Å². The third kappa shape index (κ3) is 4.28. The van der Waals surface area contributed by atoms with Crippen molar-refractivity contribution in [2.75, 3.05) is 4.81 Å². The van der Waals surface area contributed by atoms with Crippen LogP contribution in [0.2, 0.25) is 13.1 Å². The topological polar surface area (TPSA) is 50.8 Å². The molecule has 4 aromatic carbocycles. The molecule has 5 heteroatoms. The van der Waals surface area contributed by atoms with Crippen molar-refractivity contribution >= 4 is 47.6 Å². The highest BCUT2D eigenvalue weighted by Crippen LogP contribution is 2.53. The molecule has 0 saturated heterocycles. The lowest BCUT2D eigenvalue weighted by molar-refractivity contribution is 0.573. The fourth-order valence-corrected chi connectivity index (χ4v) is 10.7. The Labute approximate surface area is 265 Å². The molecule has 0 fully saturated rings. The van der Waals surface area contributed by atoms with Gasteiger partial charge in [-0.3, -0.25) is 0 Å². The lowest BCUT2D eigenvalue weighted by atomic mass is 9.47. The molecule has 0 aromatic heterocycles. The van der Waals surface area contributed by atoms with E-state index in [1.165, 1.54) is 21.3 Å². The first kappa shape index (κ1) is 30.0. The van der Waals surface area contributed by atoms with Crippen molar-refractivity contribution in [1.29, 1.82) is 10.5 Å². The number of benzene rings is 4. The molecule has 2 aliphatic rings. The van der Waals surface area contributed by atoms with Crippen LogP contribution in [0.1, 0.15) is 88.8 Å². The van der Waals surface area contributed by atoms with Crippen LogP contribution in [0.5, 0.6) is 0 Å². The zero-order valence-electron chi connectivity index (χ0n) is 27.8. The molecular weight excluding hydrogens is 549 g/mol. The van der Waals surface area contributed by atoms with E-state index in [4.69, 9.17) is 0 Å². The summed E-state index contributed by atoms with van der Waals surface area (Å²) in [6, 6.07) is 31.9. The Kier molecular flexibility index (Phi) is 6.63. The molecule has 0 aliphatic carbocycles. The quantitative estimate of drug-likeness (QED) is 0.230. The number of nitriles is 2. The van der Waals surface area contributed by atoms with Gasteiger partial charge in [-0.25, -0.2) is 0 Å². The fraction of sp³-hybridized carbons (Fsp3) is 0.333. The molecule has 0 amide bonds. The van der Waals surface area contributed by atoms with E-state index in [1.807, 2.05) is 0 Å². The summed E-state index contributed by atoms with van der Waals surface area (Å²) in [5.74, 6) is 0. The summed E-state index contributed by atoms with van der Waals surface area (Å²) in [5, 5.41) is 24.5. The second-order valence-corrected chi connectivity index (χ2v) is 20.1.